The van der Waals surface area contributed by atoms with Crippen molar-refractivity contribution in [2.45, 2.75) is 69.1 Å². The molecule has 1 atom stereocenters. The van der Waals surface area contributed by atoms with E-state index in [1.807, 2.05) is 0 Å². The number of nitrogens with one attached hydrogen (secondary N) is 2. The molecule has 1 spiro atoms. The normalized spacial score (nSPS) is 26.4. The summed E-state index contributed by atoms with van der Waals surface area (Å²) in [5.41, 5.74) is -1.96. The van der Waals surface area contributed by atoms with Gasteiger partial charge >= 0.3 is 6.18 Å². The fourth-order valence-electron chi connectivity index (χ4n) is 5.96. The first-order valence-corrected chi connectivity index (χ1v) is 13.1. The molecular formula is C26H31F4N5O4. The predicted octanol–water partition coefficient (Wildman–Crippen LogP) is 3.60. The van der Waals surface area contributed by atoms with Gasteiger partial charge < -0.3 is 20.1 Å². The van der Waals surface area contributed by atoms with Gasteiger partial charge in [0.25, 0.3) is 5.91 Å². The van der Waals surface area contributed by atoms with Crippen molar-refractivity contribution in [1.29, 1.82) is 0 Å². The Morgan fingerprint density at radius 3 is 2.54 bits per heavy atom. The van der Waals surface area contributed by atoms with Gasteiger partial charge in [0.1, 0.15) is 0 Å². The number of carbonyl (C=O) groups excluding carboxylic acids is 2. The van der Waals surface area contributed by atoms with E-state index in [9.17, 15) is 32.3 Å². The fraction of sp³-hybridized carbons (Fsp3) is 0.615. The van der Waals surface area contributed by atoms with Crippen molar-refractivity contribution in [2.75, 3.05) is 20.3 Å². The number of aliphatic hydroxyl groups is 1. The zero-order valence-electron chi connectivity index (χ0n) is 21.5. The molecule has 3 N–H and O–H groups in total. The Morgan fingerprint density at radius 2 is 1.92 bits per heavy atom. The summed E-state index contributed by atoms with van der Waals surface area (Å²) >= 11 is 0. The number of ether oxygens (including phenoxy) is 1. The minimum atomic E-state index is -4.48. The smallest absolute Gasteiger partial charge is 0.396 e. The highest BCUT2D eigenvalue weighted by Gasteiger charge is 2.56. The van der Waals surface area contributed by atoms with Crippen LogP contribution in [0.5, 0.6) is 5.88 Å². The molecule has 9 nitrogen and oxygen atoms in total. The lowest BCUT2D eigenvalue weighted by atomic mass is 9.72. The molecule has 1 saturated heterocycles. The molecule has 2 aliphatic carbocycles. The standard InChI is InChI=1S/C26H31F4N5O4/c1-39-21-10-17(18(27)13-31-21)19-11-20(34-33-19)23(38)35-9-4-15(12-25(35)7-8-25)22(37)32-16-2-5-24(14-36,6-3-16)26(28,29)30/h10-11,13,15-16,36H,2-9,12,14H2,1H3,(H,32,37)(H,33,34)/t15-,16-,24-/m0/s1. The van der Waals surface area contributed by atoms with E-state index in [4.69, 9.17) is 4.74 Å². The molecule has 0 radical (unpaired) electrons. The number of hydrogen-bond donors (Lipinski definition) is 3. The van der Waals surface area contributed by atoms with Gasteiger partial charge in [0, 0.05) is 35.7 Å². The lowest BCUT2D eigenvalue weighted by Gasteiger charge is -2.42. The summed E-state index contributed by atoms with van der Waals surface area (Å²) in [6.07, 6.45) is -1.24. The van der Waals surface area contributed by atoms with E-state index in [1.54, 1.807) is 4.90 Å². The Morgan fingerprint density at radius 1 is 1.21 bits per heavy atom. The predicted molar refractivity (Wildman–Crippen MR) is 130 cm³/mol. The molecule has 0 bridgehead atoms. The number of carbonyl (C=O) groups is 2. The summed E-state index contributed by atoms with van der Waals surface area (Å²) in [6, 6.07) is 2.51. The number of hydrogen-bond acceptors (Lipinski definition) is 6. The Hall–Kier alpha value is -3.22. The second-order valence-corrected chi connectivity index (χ2v) is 11.0. The molecule has 3 fully saturated rings. The lowest BCUT2D eigenvalue weighted by Crippen LogP contribution is -2.53. The summed E-state index contributed by atoms with van der Waals surface area (Å²) in [5.74, 6) is -1.24. The van der Waals surface area contributed by atoms with Gasteiger partial charge in [-0.15, -0.1) is 0 Å². The first-order chi connectivity index (χ1) is 18.5. The second kappa shape index (κ2) is 10.1. The van der Waals surface area contributed by atoms with Crippen LogP contribution in [0.3, 0.4) is 0 Å². The van der Waals surface area contributed by atoms with Crippen LogP contribution >= 0.6 is 0 Å². The minimum absolute atomic E-state index is 0.133. The Kier molecular flexibility index (Phi) is 7.06. The van der Waals surface area contributed by atoms with Crippen molar-refractivity contribution in [1.82, 2.24) is 25.4 Å². The highest BCUT2D eigenvalue weighted by atomic mass is 19.4. The summed E-state index contributed by atoms with van der Waals surface area (Å²) < 4.78 is 59.6. The number of aromatic amines is 1. The van der Waals surface area contributed by atoms with E-state index in [1.165, 1.54) is 19.2 Å². The van der Waals surface area contributed by atoms with Crippen LogP contribution in [0.25, 0.3) is 11.3 Å². The first kappa shape index (κ1) is 27.4. The molecule has 39 heavy (non-hydrogen) atoms. The molecular weight excluding hydrogens is 522 g/mol. The molecule has 3 aliphatic rings. The molecule has 2 amide bonds. The molecule has 5 rings (SSSR count). The monoisotopic (exact) mass is 553 g/mol. The highest BCUT2D eigenvalue weighted by Crippen LogP contribution is 2.51. The van der Waals surface area contributed by atoms with E-state index in [0.29, 0.717) is 25.1 Å². The van der Waals surface area contributed by atoms with Crippen LogP contribution in [0.15, 0.2) is 18.3 Å². The van der Waals surface area contributed by atoms with E-state index in [-0.39, 0.29) is 66.6 Å². The van der Waals surface area contributed by atoms with E-state index in [2.05, 4.69) is 20.5 Å². The van der Waals surface area contributed by atoms with Crippen molar-refractivity contribution < 1.29 is 37.0 Å². The number of rotatable bonds is 6. The maximum atomic E-state index is 14.3. The van der Waals surface area contributed by atoms with Gasteiger partial charge in [-0.2, -0.15) is 18.3 Å². The number of amides is 2. The topological polar surface area (TPSA) is 120 Å². The van der Waals surface area contributed by atoms with Crippen LogP contribution < -0.4 is 10.1 Å². The third kappa shape index (κ3) is 5.08. The molecule has 13 heteroatoms. The van der Waals surface area contributed by atoms with Gasteiger partial charge in [0.05, 0.1) is 31.0 Å². The average molecular weight is 554 g/mol. The molecule has 0 unspecified atom stereocenters. The quantitative estimate of drug-likeness (QED) is 0.471. The molecule has 2 aromatic rings. The summed E-state index contributed by atoms with van der Waals surface area (Å²) in [5, 5.41) is 19.1. The average Bonchev–Trinajstić information content (AvgIpc) is 3.49. The molecule has 2 saturated carbocycles. The van der Waals surface area contributed by atoms with Gasteiger partial charge in [0.2, 0.25) is 11.8 Å². The number of methoxy groups -OCH3 is 1. The van der Waals surface area contributed by atoms with Gasteiger partial charge in [-0.1, -0.05) is 0 Å². The molecule has 212 valence electrons. The largest absolute Gasteiger partial charge is 0.481 e. The van der Waals surface area contributed by atoms with Crippen LogP contribution in [0.1, 0.15) is 61.9 Å². The number of H-pyrrole nitrogens is 1. The summed E-state index contributed by atoms with van der Waals surface area (Å²) in [7, 11) is 1.41. The van der Waals surface area contributed by atoms with Crippen LogP contribution in [-0.2, 0) is 4.79 Å². The van der Waals surface area contributed by atoms with Crippen LogP contribution in [0.4, 0.5) is 17.6 Å². The number of pyridine rings is 1. The SMILES string of the molecule is COc1cc(-c2cc(C(=O)N3CC[C@H](C(=O)N[C@H]4CC[C@](CO)(C(F)(F)F)CC4)CC34CC4)n[nH]2)c(F)cn1. The van der Waals surface area contributed by atoms with Crippen LogP contribution in [0.2, 0.25) is 0 Å². The van der Waals surface area contributed by atoms with Crippen molar-refractivity contribution in [2.24, 2.45) is 11.3 Å². The number of nitrogens with zero attached hydrogens (tertiary/aromatic N) is 3. The van der Waals surface area contributed by atoms with Gasteiger partial charge in [0.15, 0.2) is 11.5 Å². The maximum absolute atomic E-state index is 14.3. The third-order valence-corrected chi connectivity index (χ3v) is 8.66. The van der Waals surface area contributed by atoms with Crippen molar-refractivity contribution in [3.8, 4) is 17.1 Å². The summed E-state index contributed by atoms with van der Waals surface area (Å²) in [6.45, 7) is -0.613. The third-order valence-electron chi connectivity index (χ3n) is 8.66. The number of alkyl halides is 3. The molecule has 2 aromatic heterocycles. The van der Waals surface area contributed by atoms with Gasteiger partial charge in [-0.3, -0.25) is 14.7 Å². The minimum Gasteiger partial charge on any atom is -0.481 e. The van der Waals surface area contributed by atoms with Crippen molar-refractivity contribution >= 4 is 11.8 Å². The van der Waals surface area contributed by atoms with Crippen LogP contribution in [-0.4, -0.2) is 75.0 Å². The number of likely N-dealkylation sites (tertiary alicyclic amines) is 1. The van der Waals surface area contributed by atoms with E-state index >= 15 is 0 Å². The maximum Gasteiger partial charge on any atom is 0.396 e. The lowest BCUT2D eigenvalue weighted by molar-refractivity contribution is -0.246. The fourth-order valence-corrected chi connectivity index (χ4v) is 5.96. The highest BCUT2D eigenvalue weighted by molar-refractivity contribution is 5.94. The molecule has 0 aromatic carbocycles. The van der Waals surface area contributed by atoms with Crippen molar-refractivity contribution in [3.05, 3.63) is 29.8 Å². The molecule has 3 heterocycles. The zero-order chi connectivity index (χ0) is 28.0. The number of aromatic nitrogens is 3. The van der Waals surface area contributed by atoms with Gasteiger partial charge in [-0.25, -0.2) is 9.37 Å². The van der Waals surface area contributed by atoms with Gasteiger partial charge in [-0.05, 0) is 57.4 Å². The Balaban J connectivity index is 1.20. The Labute approximate surface area is 222 Å². The number of halogens is 4. The van der Waals surface area contributed by atoms with E-state index in [0.717, 1.165) is 19.0 Å². The van der Waals surface area contributed by atoms with Crippen LogP contribution in [0, 0.1) is 17.2 Å². The number of aliphatic hydroxyl groups excluding tert-OH is 1. The molecule has 1 aliphatic heterocycles. The second-order valence-electron chi connectivity index (χ2n) is 11.0. The number of piperidine rings is 1. The Bertz CT molecular complexity index is 1240. The van der Waals surface area contributed by atoms with Crippen molar-refractivity contribution in [3.63, 3.8) is 0 Å². The zero-order valence-corrected chi connectivity index (χ0v) is 21.5. The summed E-state index contributed by atoms with van der Waals surface area (Å²) in [4.78, 5) is 32.0. The first-order valence-electron chi connectivity index (χ1n) is 13.1. The van der Waals surface area contributed by atoms with E-state index < -0.39 is 29.6 Å².